The quantitative estimate of drug-likeness (QED) is 0.871. The van der Waals surface area contributed by atoms with E-state index >= 15 is 0 Å². The van der Waals surface area contributed by atoms with Crippen LogP contribution in [0.4, 0.5) is 11.9 Å². The van der Waals surface area contributed by atoms with Crippen LogP contribution >= 0.6 is 0 Å². The molecule has 0 saturated carbocycles. The number of nitrogens with zero attached hydrogens (tertiary/aromatic N) is 6. The molecule has 0 aliphatic rings. The maximum atomic E-state index is 8.89. The van der Waals surface area contributed by atoms with Crippen LogP contribution < -0.4 is 10.2 Å². The molecule has 7 heteroatoms. The zero-order valence-corrected chi connectivity index (χ0v) is 10.9. The third-order valence-electron chi connectivity index (χ3n) is 2.37. The molecular formula is C12H13N7. The minimum atomic E-state index is 0.468. The Labute approximate surface area is 111 Å². The Balaban J connectivity index is 2.54. The molecule has 0 radical (unpaired) electrons. The average molecular weight is 255 g/mol. The van der Waals surface area contributed by atoms with E-state index in [4.69, 9.17) is 5.26 Å². The van der Waals surface area contributed by atoms with Gasteiger partial charge in [-0.15, -0.1) is 0 Å². The Morgan fingerprint density at radius 1 is 1.21 bits per heavy atom. The Bertz CT molecular complexity index is 630. The van der Waals surface area contributed by atoms with E-state index < -0.39 is 0 Å². The zero-order valence-electron chi connectivity index (χ0n) is 10.9. The van der Waals surface area contributed by atoms with E-state index in [0.717, 1.165) is 0 Å². The van der Waals surface area contributed by atoms with Crippen molar-refractivity contribution >= 4 is 11.9 Å². The first-order valence-corrected chi connectivity index (χ1v) is 5.60. The van der Waals surface area contributed by atoms with E-state index in [9.17, 15) is 0 Å². The summed E-state index contributed by atoms with van der Waals surface area (Å²) in [6, 6.07) is 3.74. The molecule has 0 unspecified atom stereocenters. The lowest BCUT2D eigenvalue weighted by atomic mass is 10.2. The molecule has 2 aromatic heterocycles. The number of rotatable bonds is 3. The Kier molecular flexibility index (Phi) is 3.52. The second-order valence-corrected chi connectivity index (χ2v) is 4.00. The largest absolute Gasteiger partial charge is 0.357 e. The Morgan fingerprint density at radius 2 is 2.00 bits per heavy atom. The molecule has 1 N–H and O–H groups in total. The fourth-order valence-electron chi connectivity index (χ4n) is 1.43. The smallest absolute Gasteiger partial charge is 0.230 e. The van der Waals surface area contributed by atoms with E-state index in [1.54, 1.807) is 24.2 Å². The number of nitriles is 1. The van der Waals surface area contributed by atoms with Crippen molar-refractivity contribution in [3.05, 3.63) is 24.0 Å². The minimum absolute atomic E-state index is 0.468. The second-order valence-electron chi connectivity index (χ2n) is 4.00. The molecule has 0 aliphatic carbocycles. The van der Waals surface area contributed by atoms with E-state index in [2.05, 4.69) is 25.3 Å². The molecule has 0 bridgehead atoms. The summed E-state index contributed by atoms with van der Waals surface area (Å²) in [6.45, 7) is 0. The van der Waals surface area contributed by atoms with Gasteiger partial charge in [0.1, 0.15) is 6.07 Å². The van der Waals surface area contributed by atoms with Gasteiger partial charge in [0.25, 0.3) is 0 Å². The highest BCUT2D eigenvalue weighted by molar-refractivity contribution is 5.59. The van der Waals surface area contributed by atoms with Crippen molar-refractivity contribution in [1.29, 1.82) is 5.26 Å². The summed E-state index contributed by atoms with van der Waals surface area (Å²) in [5, 5.41) is 11.8. The molecule has 0 spiro atoms. The minimum Gasteiger partial charge on any atom is -0.357 e. The highest BCUT2D eigenvalue weighted by Gasteiger charge is 2.10. The first-order valence-electron chi connectivity index (χ1n) is 5.60. The average Bonchev–Trinajstić information content (AvgIpc) is 2.46. The van der Waals surface area contributed by atoms with Crippen LogP contribution in [0.5, 0.6) is 0 Å². The van der Waals surface area contributed by atoms with Crippen LogP contribution in [0.25, 0.3) is 11.4 Å². The van der Waals surface area contributed by atoms with Crippen LogP contribution in [-0.2, 0) is 0 Å². The summed E-state index contributed by atoms with van der Waals surface area (Å²) < 4.78 is 0. The normalized spacial score (nSPS) is 9.79. The molecule has 19 heavy (non-hydrogen) atoms. The van der Waals surface area contributed by atoms with Gasteiger partial charge in [0.05, 0.1) is 5.56 Å². The molecule has 0 atom stereocenters. The number of hydrogen-bond acceptors (Lipinski definition) is 7. The summed E-state index contributed by atoms with van der Waals surface area (Å²) in [5.74, 6) is 1.49. The number of pyridine rings is 1. The van der Waals surface area contributed by atoms with Gasteiger partial charge in [-0.1, -0.05) is 0 Å². The second kappa shape index (κ2) is 5.27. The number of nitrogens with one attached hydrogen (secondary N) is 1. The predicted octanol–water partition coefficient (Wildman–Crippen LogP) is 0.913. The number of hydrogen-bond donors (Lipinski definition) is 1. The van der Waals surface area contributed by atoms with Gasteiger partial charge in [-0.2, -0.15) is 20.2 Å². The van der Waals surface area contributed by atoms with Crippen LogP contribution in [-0.4, -0.2) is 41.1 Å². The lowest BCUT2D eigenvalue weighted by Crippen LogP contribution is -2.15. The third kappa shape index (κ3) is 2.74. The zero-order chi connectivity index (χ0) is 13.8. The Hall–Kier alpha value is -2.75. The van der Waals surface area contributed by atoms with Crippen molar-refractivity contribution in [2.45, 2.75) is 0 Å². The summed E-state index contributed by atoms with van der Waals surface area (Å²) in [6.07, 6.45) is 3.12. The summed E-state index contributed by atoms with van der Waals surface area (Å²) in [7, 11) is 5.44. The molecule has 2 heterocycles. The number of anilines is 2. The van der Waals surface area contributed by atoms with Gasteiger partial charge < -0.3 is 10.2 Å². The van der Waals surface area contributed by atoms with Gasteiger partial charge in [0, 0.05) is 39.1 Å². The third-order valence-corrected chi connectivity index (χ3v) is 2.37. The van der Waals surface area contributed by atoms with Gasteiger partial charge in [0.2, 0.25) is 11.9 Å². The standard InChI is InChI=1S/C12H13N7/c1-14-11-16-10(17-12(18-11)19(2)3)9-4-8(5-13)6-15-7-9/h4,6-7H,1-3H3,(H,14,16,17,18). The molecule has 2 aromatic rings. The lowest BCUT2D eigenvalue weighted by molar-refractivity contribution is 0.962. The van der Waals surface area contributed by atoms with Gasteiger partial charge >= 0.3 is 0 Å². The van der Waals surface area contributed by atoms with Crippen LogP contribution in [0.15, 0.2) is 18.5 Å². The van der Waals surface area contributed by atoms with E-state index in [1.807, 2.05) is 20.2 Å². The maximum absolute atomic E-state index is 8.89. The van der Waals surface area contributed by atoms with Gasteiger partial charge in [-0.25, -0.2) is 0 Å². The van der Waals surface area contributed by atoms with E-state index in [-0.39, 0.29) is 0 Å². The van der Waals surface area contributed by atoms with E-state index in [0.29, 0.717) is 28.8 Å². The molecule has 0 saturated heterocycles. The van der Waals surface area contributed by atoms with Crippen molar-refractivity contribution in [2.75, 3.05) is 31.4 Å². The van der Waals surface area contributed by atoms with Crippen molar-refractivity contribution in [3.8, 4) is 17.5 Å². The lowest BCUT2D eigenvalue weighted by Gasteiger charge is -2.12. The predicted molar refractivity (Wildman–Crippen MR) is 71.6 cm³/mol. The van der Waals surface area contributed by atoms with Crippen molar-refractivity contribution < 1.29 is 0 Å². The highest BCUT2D eigenvalue weighted by Crippen LogP contribution is 2.18. The molecule has 7 nitrogen and oxygen atoms in total. The monoisotopic (exact) mass is 255 g/mol. The SMILES string of the molecule is CNc1nc(-c2cncc(C#N)c2)nc(N(C)C)n1. The summed E-state index contributed by atoms with van der Waals surface area (Å²) in [5.41, 5.74) is 1.15. The molecule has 0 aromatic carbocycles. The molecule has 2 rings (SSSR count). The van der Waals surface area contributed by atoms with Crippen LogP contribution in [0.3, 0.4) is 0 Å². The molecular weight excluding hydrogens is 242 g/mol. The maximum Gasteiger partial charge on any atom is 0.230 e. The van der Waals surface area contributed by atoms with Crippen LogP contribution in [0.1, 0.15) is 5.56 Å². The fourth-order valence-corrected chi connectivity index (χ4v) is 1.43. The number of aromatic nitrogens is 4. The van der Waals surface area contributed by atoms with Crippen LogP contribution in [0.2, 0.25) is 0 Å². The van der Waals surface area contributed by atoms with Crippen LogP contribution in [0, 0.1) is 11.3 Å². The van der Waals surface area contributed by atoms with Crippen molar-refractivity contribution in [3.63, 3.8) is 0 Å². The molecule has 0 aliphatic heterocycles. The topological polar surface area (TPSA) is 90.6 Å². The summed E-state index contributed by atoms with van der Waals surface area (Å²) in [4.78, 5) is 18.6. The van der Waals surface area contributed by atoms with Crippen molar-refractivity contribution in [2.24, 2.45) is 0 Å². The first-order chi connectivity index (χ1) is 9.13. The Morgan fingerprint density at radius 3 is 2.63 bits per heavy atom. The molecule has 0 amide bonds. The van der Waals surface area contributed by atoms with Gasteiger partial charge in [-0.05, 0) is 6.07 Å². The molecule has 0 fully saturated rings. The first kappa shape index (κ1) is 12.7. The van der Waals surface area contributed by atoms with E-state index in [1.165, 1.54) is 6.20 Å². The van der Waals surface area contributed by atoms with Gasteiger partial charge in [-0.3, -0.25) is 4.98 Å². The fraction of sp³-hybridized carbons (Fsp3) is 0.250. The van der Waals surface area contributed by atoms with Crippen molar-refractivity contribution in [1.82, 2.24) is 19.9 Å². The summed E-state index contributed by atoms with van der Waals surface area (Å²) >= 11 is 0. The highest BCUT2D eigenvalue weighted by atomic mass is 15.3. The van der Waals surface area contributed by atoms with Gasteiger partial charge in [0.15, 0.2) is 5.82 Å². The molecule has 96 valence electrons.